The Kier molecular flexibility index (Phi) is 4.84. The van der Waals surface area contributed by atoms with Gasteiger partial charge < -0.3 is 0 Å². The van der Waals surface area contributed by atoms with E-state index in [2.05, 4.69) is 68.4 Å². The Morgan fingerprint density at radius 1 is 0.652 bits per heavy atom. The number of rotatable bonds is 2. The summed E-state index contributed by atoms with van der Waals surface area (Å²) in [4.78, 5) is 0. The number of hydrogen-bond donors (Lipinski definition) is 0. The van der Waals surface area contributed by atoms with Crippen molar-refractivity contribution in [2.75, 3.05) is 0 Å². The molecule has 0 saturated heterocycles. The van der Waals surface area contributed by atoms with Crippen molar-refractivity contribution in [3.63, 3.8) is 0 Å². The molecule has 0 aliphatic carbocycles. The first-order chi connectivity index (χ1) is 10.7. The van der Waals surface area contributed by atoms with E-state index in [0.717, 1.165) is 0 Å². The van der Waals surface area contributed by atoms with Crippen molar-refractivity contribution in [2.24, 2.45) is 0 Å². The van der Waals surface area contributed by atoms with Crippen molar-refractivity contribution >= 4 is 16.3 Å². The van der Waals surface area contributed by atoms with Gasteiger partial charge in [0.25, 0.3) is 0 Å². The predicted molar refractivity (Wildman–Crippen MR) is 105 cm³/mol. The van der Waals surface area contributed by atoms with Crippen molar-refractivity contribution in [2.45, 2.75) is 55.4 Å². The molecule has 0 atom stereocenters. The SMILES string of the molecule is [CH2]/C=C/C=C(/C)c1c(C)c(C)c(C)c2c(C)c(C)c(C)c(C)c12. The summed E-state index contributed by atoms with van der Waals surface area (Å²) in [5.41, 5.74) is 12.6. The molecule has 0 nitrogen and oxygen atoms in total. The smallest absolute Gasteiger partial charge is 0.00684 e. The van der Waals surface area contributed by atoms with Crippen LogP contribution in [0.3, 0.4) is 0 Å². The zero-order valence-electron chi connectivity index (χ0n) is 15.9. The molecular weight excluding hydrogens is 276 g/mol. The highest BCUT2D eigenvalue weighted by atomic mass is 14.2. The van der Waals surface area contributed by atoms with Crippen molar-refractivity contribution in [1.29, 1.82) is 0 Å². The summed E-state index contributed by atoms with van der Waals surface area (Å²) in [6.07, 6.45) is 6.04. The first kappa shape index (κ1) is 17.5. The minimum Gasteiger partial charge on any atom is -0.0842 e. The van der Waals surface area contributed by atoms with Crippen LogP contribution in [-0.4, -0.2) is 0 Å². The summed E-state index contributed by atoms with van der Waals surface area (Å²) in [5, 5.41) is 2.87. The molecule has 0 N–H and O–H groups in total. The monoisotopic (exact) mass is 305 g/mol. The standard InChI is InChI=1S/C23H29/c1-10-11-12-13(2)21-17(6)16(5)19(8)22-18(7)14(3)15(4)20(9)23(21)22/h10-12H,1H2,2-9H3/b11-10+,13-12-. The van der Waals surface area contributed by atoms with Gasteiger partial charge in [0.15, 0.2) is 0 Å². The van der Waals surface area contributed by atoms with E-state index in [4.69, 9.17) is 0 Å². The Morgan fingerprint density at radius 2 is 1.09 bits per heavy atom. The lowest BCUT2D eigenvalue weighted by Crippen LogP contribution is -2.03. The Morgan fingerprint density at radius 3 is 1.57 bits per heavy atom. The average Bonchev–Trinajstić information content (AvgIpc) is 2.53. The summed E-state index contributed by atoms with van der Waals surface area (Å²) in [6.45, 7) is 21.8. The molecule has 1 radical (unpaired) electrons. The summed E-state index contributed by atoms with van der Waals surface area (Å²) in [5.74, 6) is 0. The Hall–Kier alpha value is -1.82. The Balaban J connectivity index is 3.15. The van der Waals surface area contributed by atoms with Gasteiger partial charge in [-0.1, -0.05) is 18.2 Å². The second-order valence-electron chi connectivity index (χ2n) is 6.78. The minimum absolute atomic E-state index is 1.31. The fourth-order valence-electron chi connectivity index (χ4n) is 3.73. The van der Waals surface area contributed by atoms with Gasteiger partial charge in [0.2, 0.25) is 0 Å². The number of fused-ring (bicyclic) bond motifs is 1. The molecule has 0 amide bonds. The largest absolute Gasteiger partial charge is 0.0842 e. The summed E-state index contributed by atoms with van der Waals surface area (Å²) >= 11 is 0. The molecule has 121 valence electrons. The lowest BCUT2D eigenvalue weighted by molar-refractivity contribution is 1.21. The van der Waals surface area contributed by atoms with Crippen LogP contribution in [0.4, 0.5) is 0 Å². The molecule has 0 unspecified atom stereocenters. The van der Waals surface area contributed by atoms with Gasteiger partial charge in [-0.2, -0.15) is 0 Å². The topological polar surface area (TPSA) is 0 Å². The highest BCUT2D eigenvalue weighted by Crippen LogP contribution is 2.39. The average molecular weight is 305 g/mol. The van der Waals surface area contributed by atoms with Crippen molar-refractivity contribution in [3.8, 4) is 0 Å². The minimum atomic E-state index is 1.31. The van der Waals surface area contributed by atoms with E-state index in [1.165, 1.54) is 60.9 Å². The number of allylic oxidation sites excluding steroid dienone is 4. The van der Waals surface area contributed by atoms with Crippen LogP contribution in [0.25, 0.3) is 16.3 Å². The van der Waals surface area contributed by atoms with Crippen LogP contribution in [0.2, 0.25) is 0 Å². The maximum atomic E-state index is 3.80. The number of benzene rings is 2. The predicted octanol–water partition coefficient (Wildman–Crippen LogP) is 6.79. The summed E-state index contributed by atoms with van der Waals surface area (Å²) in [6, 6.07) is 0. The van der Waals surface area contributed by atoms with Gasteiger partial charge in [0.05, 0.1) is 0 Å². The molecule has 0 aliphatic rings. The van der Waals surface area contributed by atoms with Gasteiger partial charge in [-0.25, -0.2) is 0 Å². The molecular formula is C23H29. The molecule has 0 heterocycles. The van der Waals surface area contributed by atoms with Crippen LogP contribution in [-0.2, 0) is 0 Å². The van der Waals surface area contributed by atoms with Gasteiger partial charge in [-0.15, -0.1) is 0 Å². The van der Waals surface area contributed by atoms with E-state index >= 15 is 0 Å². The maximum Gasteiger partial charge on any atom is -0.00684 e. The molecule has 2 rings (SSSR count). The molecule has 2 aromatic carbocycles. The summed E-state index contributed by atoms with van der Waals surface area (Å²) in [7, 11) is 0. The third-order valence-corrected chi connectivity index (χ3v) is 5.69. The third kappa shape index (κ3) is 2.65. The zero-order chi connectivity index (χ0) is 17.5. The van der Waals surface area contributed by atoms with Gasteiger partial charge >= 0.3 is 0 Å². The quantitative estimate of drug-likeness (QED) is 0.536. The van der Waals surface area contributed by atoms with Crippen molar-refractivity contribution < 1.29 is 0 Å². The van der Waals surface area contributed by atoms with E-state index in [1.54, 1.807) is 0 Å². The lowest BCUT2D eigenvalue weighted by Gasteiger charge is -2.23. The van der Waals surface area contributed by atoms with E-state index in [1.807, 2.05) is 12.2 Å². The van der Waals surface area contributed by atoms with Gasteiger partial charge in [-0.3, -0.25) is 0 Å². The van der Waals surface area contributed by atoms with Crippen LogP contribution in [0.15, 0.2) is 18.2 Å². The molecule has 0 bridgehead atoms. The normalized spacial score (nSPS) is 12.7. The third-order valence-electron chi connectivity index (χ3n) is 5.69. The molecule has 0 saturated carbocycles. The molecule has 0 heteroatoms. The second-order valence-corrected chi connectivity index (χ2v) is 6.78. The highest BCUT2D eigenvalue weighted by Gasteiger charge is 2.19. The molecule has 23 heavy (non-hydrogen) atoms. The van der Waals surface area contributed by atoms with Crippen LogP contribution in [0.1, 0.15) is 51.4 Å². The van der Waals surface area contributed by atoms with Gasteiger partial charge in [0.1, 0.15) is 0 Å². The van der Waals surface area contributed by atoms with Crippen LogP contribution >= 0.6 is 0 Å². The molecule has 2 aromatic rings. The Bertz CT molecular complexity index is 835. The van der Waals surface area contributed by atoms with E-state index in [0.29, 0.717) is 0 Å². The maximum absolute atomic E-state index is 3.80. The molecule has 0 spiro atoms. The van der Waals surface area contributed by atoms with Crippen LogP contribution < -0.4 is 0 Å². The first-order valence-electron chi connectivity index (χ1n) is 8.36. The Labute approximate surface area is 141 Å². The summed E-state index contributed by atoms with van der Waals surface area (Å²) < 4.78 is 0. The number of aryl methyl sites for hydroxylation is 3. The zero-order valence-corrected chi connectivity index (χ0v) is 15.9. The van der Waals surface area contributed by atoms with Crippen molar-refractivity contribution in [1.82, 2.24) is 0 Å². The van der Waals surface area contributed by atoms with E-state index in [9.17, 15) is 0 Å². The fraction of sp³-hybridized carbons (Fsp3) is 0.348. The highest BCUT2D eigenvalue weighted by molar-refractivity contribution is 6.02. The van der Waals surface area contributed by atoms with E-state index < -0.39 is 0 Å². The second kappa shape index (κ2) is 6.35. The van der Waals surface area contributed by atoms with Gasteiger partial charge in [-0.05, 0) is 123 Å². The molecule has 0 fully saturated rings. The molecule has 0 aliphatic heterocycles. The first-order valence-corrected chi connectivity index (χ1v) is 8.36. The van der Waals surface area contributed by atoms with Crippen LogP contribution in [0, 0.1) is 55.4 Å². The fourth-order valence-corrected chi connectivity index (χ4v) is 3.73. The van der Waals surface area contributed by atoms with Crippen molar-refractivity contribution in [3.05, 3.63) is 69.7 Å². The van der Waals surface area contributed by atoms with Gasteiger partial charge in [0, 0.05) is 0 Å². The molecule has 0 aromatic heterocycles. The van der Waals surface area contributed by atoms with Crippen LogP contribution in [0.5, 0.6) is 0 Å². The number of hydrogen-bond acceptors (Lipinski definition) is 0. The lowest BCUT2D eigenvalue weighted by atomic mass is 9.81. The van der Waals surface area contributed by atoms with E-state index in [-0.39, 0.29) is 0 Å².